The Hall–Kier alpha value is -2.42. The summed E-state index contributed by atoms with van der Waals surface area (Å²) in [6.45, 7) is 0.667. The summed E-state index contributed by atoms with van der Waals surface area (Å²) in [6, 6.07) is 15.7. The zero-order chi connectivity index (χ0) is 12.8. The molecule has 0 saturated heterocycles. The van der Waals surface area contributed by atoms with Gasteiger partial charge in [0.05, 0.1) is 17.3 Å². The third-order valence-corrected chi connectivity index (χ3v) is 3.80. The molecule has 19 heavy (non-hydrogen) atoms. The highest BCUT2D eigenvalue weighted by atomic mass is 16.2. The second-order valence-electron chi connectivity index (χ2n) is 4.87. The maximum atomic E-state index is 12.6. The van der Waals surface area contributed by atoms with Crippen molar-refractivity contribution in [1.82, 2.24) is 4.90 Å². The molecule has 2 aliphatic rings. The van der Waals surface area contributed by atoms with Gasteiger partial charge >= 0.3 is 0 Å². The molecule has 0 fully saturated rings. The van der Waals surface area contributed by atoms with Crippen LogP contribution in [0.2, 0.25) is 0 Å². The fourth-order valence-corrected chi connectivity index (χ4v) is 2.85. The fraction of sp³-hybridized carbons (Fsp3) is 0.125. The molecule has 1 unspecified atom stereocenters. The van der Waals surface area contributed by atoms with Crippen LogP contribution in [0.1, 0.15) is 27.5 Å². The third-order valence-electron chi connectivity index (χ3n) is 3.80. The lowest BCUT2D eigenvalue weighted by Gasteiger charge is -2.20. The Morgan fingerprint density at radius 3 is 2.79 bits per heavy atom. The van der Waals surface area contributed by atoms with Gasteiger partial charge in [0.15, 0.2) is 0 Å². The molecule has 3 nitrogen and oxygen atoms in total. The number of carbonyl (C=O) groups is 1. The molecule has 1 amide bonds. The summed E-state index contributed by atoms with van der Waals surface area (Å²) in [6.07, 6.45) is 1.88. The van der Waals surface area contributed by atoms with Crippen molar-refractivity contribution in [1.29, 1.82) is 0 Å². The van der Waals surface area contributed by atoms with Gasteiger partial charge in [-0.3, -0.25) is 9.79 Å². The third kappa shape index (κ3) is 1.45. The van der Waals surface area contributed by atoms with E-state index in [1.54, 1.807) is 0 Å². The molecule has 0 spiro atoms. The summed E-state index contributed by atoms with van der Waals surface area (Å²) in [5.41, 5.74) is 3.85. The summed E-state index contributed by atoms with van der Waals surface area (Å²) in [7, 11) is 0. The quantitative estimate of drug-likeness (QED) is 0.705. The fourth-order valence-electron chi connectivity index (χ4n) is 2.85. The topological polar surface area (TPSA) is 32.7 Å². The standard InChI is InChI=1S/C16H12N2O/c19-16-13-7-3-4-8-14(13)17-9-15-12-6-2-1-5-11(12)10-18(15)16/h1-9,15H,10H2. The smallest absolute Gasteiger partial charge is 0.257 e. The Balaban J connectivity index is 1.88. The maximum absolute atomic E-state index is 12.6. The Morgan fingerprint density at radius 1 is 1.05 bits per heavy atom. The van der Waals surface area contributed by atoms with E-state index in [4.69, 9.17) is 0 Å². The first-order chi connectivity index (χ1) is 9.34. The van der Waals surface area contributed by atoms with Crippen LogP contribution < -0.4 is 0 Å². The lowest BCUT2D eigenvalue weighted by atomic mass is 10.1. The molecule has 2 heterocycles. The molecule has 2 aliphatic heterocycles. The molecule has 2 aromatic rings. The number of rotatable bonds is 0. The Kier molecular flexibility index (Phi) is 2.09. The second-order valence-corrected chi connectivity index (χ2v) is 4.87. The van der Waals surface area contributed by atoms with E-state index in [0.29, 0.717) is 12.1 Å². The van der Waals surface area contributed by atoms with E-state index < -0.39 is 0 Å². The predicted octanol–water partition coefficient (Wildman–Crippen LogP) is 3.10. The van der Waals surface area contributed by atoms with Crippen molar-refractivity contribution in [2.75, 3.05) is 0 Å². The summed E-state index contributed by atoms with van der Waals surface area (Å²) in [5, 5.41) is 0. The number of fused-ring (bicyclic) bond motifs is 4. The molecular formula is C16H12N2O. The molecule has 2 aromatic carbocycles. The minimum absolute atomic E-state index is 0.0314. The normalized spacial score (nSPS) is 19.7. The zero-order valence-electron chi connectivity index (χ0n) is 10.3. The first kappa shape index (κ1) is 10.5. The van der Waals surface area contributed by atoms with E-state index in [0.717, 1.165) is 5.69 Å². The van der Waals surface area contributed by atoms with E-state index in [1.807, 2.05) is 47.5 Å². The number of hydrogen-bond donors (Lipinski definition) is 0. The molecule has 0 N–H and O–H groups in total. The van der Waals surface area contributed by atoms with Gasteiger partial charge in [-0.2, -0.15) is 0 Å². The number of hydrogen-bond acceptors (Lipinski definition) is 2. The Morgan fingerprint density at radius 2 is 1.84 bits per heavy atom. The van der Waals surface area contributed by atoms with Crippen molar-refractivity contribution >= 4 is 17.8 Å². The van der Waals surface area contributed by atoms with Gasteiger partial charge in [0.1, 0.15) is 0 Å². The van der Waals surface area contributed by atoms with E-state index in [2.05, 4.69) is 17.1 Å². The van der Waals surface area contributed by atoms with Gasteiger partial charge in [-0.1, -0.05) is 36.4 Å². The summed E-state index contributed by atoms with van der Waals surface area (Å²) >= 11 is 0. The largest absolute Gasteiger partial charge is 0.322 e. The SMILES string of the molecule is O=C1c2ccccc2N=CC2c3ccccc3CN12. The van der Waals surface area contributed by atoms with Crippen LogP contribution in [0.5, 0.6) is 0 Å². The van der Waals surface area contributed by atoms with Crippen LogP contribution in [-0.4, -0.2) is 17.0 Å². The minimum Gasteiger partial charge on any atom is -0.322 e. The second kappa shape index (κ2) is 3.79. The number of nitrogens with zero attached hydrogens (tertiary/aromatic N) is 2. The van der Waals surface area contributed by atoms with E-state index >= 15 is 0 Å². The van der Waals surface area contributed by atoms with Gasteiger partial charge < -0.3 is 4.90 Å². The first-order valence-corrected chi connectivity index (χ1v) is 6.36. The van der Waals surface area contributed by atoms with E-state index in [-0.39, 0.29) is 11.9 Å². The van der Waals surface area contributed by atoms with Gasteiger partial charge in [0, 0.05) is 12.8 Å². The molecule has 3 heteroatoms. The number of aliphatic imine (C=N–C) groups is 1. The Labute approximate surface area is 111 Å². The molecule has 0 saturated carbocycles. The summed E-state index contributed by atoms with van der Waals surface area (Å²) in [5.74, 6) is 0.0642. The Bertz CT molecular complexity index is 705. The van der Waals surface area contributed by atoms with Crippen molar-refractivity contribution in [3.8, 4) is 0 Å². The maximum Gasteiger partial charge on any atom is 0.257 e. The van der Waals surface area contributed by atoms with Gasteiger partial charge in [0.2, 0.25) is 0 Å². The molecule has 0 aliphatic carbocycles. The molecule has 4 rings (SSSR count). The monoisotopic (exact) mass is 248 g/mol. The van der Waals surface area contributed by atoms with Crippen molar-refractivity contribution in [2.45, 2.75) is 12.6 Å². The van der Waals surface area contributed by atoms with Crippen LogP contribution in [0.15, 0.2) is 53.5 Å². The number of para-hydroxylation sites is 1. The average Bonchev–Trinajstić information content (AvgIpc) is 2.77. The lowest BCUT2D eigenvalue weighted by Crippen LogP contribution is -2.29. The van der Waals surface area contributed by atoms with Crippen molar-refractivity contribution in [3.63, 3.8) is 0 Å². The van der Waals surface area contributed by atoms with Gasteiger partial charge in [0.25, 0.3) is 5.91 Å². The van der Waals surface area contributed by atoms with Gasteiger partial charge in [-0.05, 0) is 23.3 Å². The number of benzene rings is 2. The summed E-state index contributed by atoms with van der Waals surface area (Å²) in [4.78, 5) is 19.0. The van der Waals surface area contributed by atoms with Crippen LogP contribution in [-0.2, 0) is 6.54 Å². The van der Waals surface area contributed by atoms with E-state index in [9.17, 15) is 4.79 Å². The van der Waals surface area contributed by atoms with Crippen molar-refractivity contribution in [2.24, 2.45) is 4.99 Å². The van der Waals surface area contributed by atoms with Crippen molar-refractivity contribution < 1.29 is 4.79 Å². The van der Waals surface area contributed by atoms with E-state index in [1.165, 1.54) is 11.1 Å². The van der Waals surface area contributed by atoms with Crippen LogP contribution in [0, 0.1) is 0 Å². The van der Waals surface area contributed by atoms with Crippen LogP contribution in [0.3, 0.4) is 0 Å². The van der Waals surface area contributed by atoms with Gasteiger partial charge in [-0.25, -0.2) is 0 Å². The molecule has 0 aromatic heterocycles. The van der Waals surface area contributed by atoms with Crippen LogP contribution >= 0.6 is 0 Å². The zero-order valence-corrected chi connectivity index (χ0v) is 10.3. The molecular weight excluding hydrogens is 236 g/mol. The minimum atomic E-state index is -0.0314. The van der Waals surface area contributed by atoms with Gasteiger partial charge in [-0.15, -0.1) is 0 Å². The molecule has 1 atom stereocenters. The lowest BCUT2D eigenvalue weighted by molar-refractivity contribution is 0.0740. The highest BCUT2D eigenvalue weighted by molar-refractivity contribution is 6.03. The molecule has 92 valence electrons. The highest BCUT2D eigenvalue weighted by Crippen LogP contribution is 2.37. The molecule has 0 radical (unpaired) electrons. The summed E-state index contributed by atoms with van der Waals surface area (Å²) < 4.78 is 0. The first-order valence-electron chi connectivity index (χ1n) is 6.36. The van der Waals surface area contributed by atoms with Crippen LogP contribution in [0.4, 0.5) is 5.69 Å². The van der Waals surface area contributed by atoms with Crippen molar-refractivity contribution in [3.05, 3.63) is 65.2 Å². The average molecular weight is 248 g/mol. The predicted molar refractivity (Wildman–Crippen MR) is 73.7 cm³/mol. The van der Waals surface area contributed by atoms with Crippen LogP contribution in [0.25, 0.3) is 0 Å². The highest BCUT2D eigenvalue weighted by Gasteiger charge is 2.34. The number of amides is 1. The molecule has 0 bridgehead atoms. The number of carbonyl (C=O) groups excluding carboxylic acids is 1.